The molecule has 0 saturated heterocycles. The van der Waals surface area contributed by atoms with Crippen LogP contribution in [0.2, 0.25) is 5.15 Å². The van der Waals surface area contributed by atoms with Gasteiger partial charge in [-0.3, -0.25) is 4.79 Å². The lowest BCUT2D eigenvalue weighted by molar-refractivity contribution is 0.102. The lowest BCUT2D eigenvalue weighted by atomic mass is 10.2. The summed E-state index contributed by atoms with van der Waals surface area (Å²) in [7, 11) is 3.66. The summed E-state index contributed by atoms with van der Waals surface area (Å²) in [6.45, 7) is 0. The fourth-order valence-corrected chi connectivity index (χ4v) is 1.67. The summed E-state index contributed by atoms with van der Waals surface area (Å²) in [6.07, 6.45) is 1.61. The number of aromatic nitrogens is 2. The van der Waals surface area contributed by atoms with Crippen LogP contribution in [0.15, 0.2) is 36.5 Å². The molecule has 1 N–H and O–H groups in total. The van der Waals surface area contributed by atoms with Crippen LogP contribution in [-0.2, 0) is 0 Å². The number of rotatable bonds is 3. The van der Waals surface area contributed by atoms with Gasteiger partial charge in [0.05, 0.1) is 0 Å². The van der Waals surface area contributed by atoms with Crippen molar-refractivity contribution >= 4 is 29.1 Å². The summed E-state index contributed by atoms with van der Waals surface area (Å²) in [4.78, 5) is 22.0. The lowest BCUT2D eigenvalue weighted by Crippen LogP contribution is -2.16. The van der Waals surface area contributed by atoms with Crippen molar-refractivity contribution < 1.29 is 4.79 Å². The van der Waals surface area contributed by atoms with E-state index in [1.807, 2.05) is 14.1 Å². The van der Waals surface area contributed by atoms with Gasteiger partial charge in [-0.25, -0.2) is 9.97 Å². The molecule has 0 aromatic carbocycles. The van der Waals surface area contributed by atoms with Crippen molar-refractivity contribution in [1.29, 1.82) is 0 Å². The molecular weight excluding hydrogens is 264 g/mol. The first-order valence-electron chi connectivity index (χ1n) is 5.63. The van der Waals surface area contributed by atoms with Crippen molar-refractivity contribution in [3.63, 3.8) is 0 Å². The molecule has 0 atom stereocenters. The highest BCUT2D eigenvalue weighted by atomic mass is 35.5. The monoisotopic (exact) mass is 276 g/mol. The second kappa shape index (κ2) is 5.67. The summed E-state index contributed by atoms with van der Waals surface area (Å²) >= 11 is 5.91. The molecule has 2 aromatic rings. The number of pyridine rings is 2. The molecule has 0 aliphatic rings. The van der Waals surface area contributed by atoms with E-state index in [0.717, 1.165) is 0 Å². The van der Waals surface area contributed by atoms with Crippen LogP contribution in [0.4, 0.5) is 11.6 Å². The molecule has 98 valence electrons. The Bertz CT molecular complexity index is 586. The molecule has 1 amide bonds. The predicted molar refractivity (Wildman–Crippen MR) is 75.8 cm³/mol. The SMILES string of the molecule is CN(C)c1cc(C(=O)Nc2ccccn2)cc(Cl)n1. The van der Waals surface area contributed by atoms with Crippen molar-refractivity contribution in [3.05, 3.63) is 47.2 Å². The van der Waals surface area contributed by atoms with E-state index < -0.39 is 0 Å². The van der Waals surface area contributed by atoms with Gasteiger partial charge in [0.15, 0.2) is 0 Å². The zero-order valence-electron chi connectivity index (χ0n) is 10.6. The van der Waals surface area contributed by atoms with Gasteiger partial charge < -0.3 is 10.2 Å². The Balaban J connectivity index is 2.24. The summed E-state index contributed by atoms with van der Waals surface area (Å²) in [5, 5.41) is 2.97. The topological polar surface area (TPSA) is 58.1 Å². The Morgan fingerprint density at radius 3 is 2.74 bits per heavy atom. The quantitative estimate of drug-likeness (QED) is 0.875. The average Bonchev–Trinajstić information content (AvgIpc) is 2.39. The van der Waals surface area contributed by atoms with Crippen LogP contribution in [0.3, 0.4) is 0 Å². The molecule has 2 rings (SSSR count). The van der Waals surface area contributed by atoms with Crippen LogP contribution in [-0.4, -0.2) is 30.0 Å². The van der Waals surface area contributed by atoms with E-state index >= 15 is 0 Å². The third-order valence-corrected chi connectivity index (χ3v) is 2.60. The molecular formula is C13H13ClN4O. The molecule has 0 radical (unpaired) electrons. The largest absolute Gasteiger partial charge is 0.363 e. The Hall–Kier alpha value is -2.14. The van der Waals surface area contributed by atoms with Gasteiger partial charge >= 0.3 is 0 Å². The maximum absolute atomic E-state index is 12.1. The average molecular weight is 277 g/mol. The van der Waals surface area contributed by atoms with Crippen LogP contribution in [0.5, 0.6) is 0 Å². The first kappa shape index (κ1) is 13.3. The highest BCUT2D eigenvalue weighted by Gasteiger charge is 2.11. The summed E-state index contributed by atoms with van der Waals surface area (Å²) in [6, 6.07) is 8.49. The van der Waals surface area contributed by atoms with Gasteiger partial charge in [-0.2, -0.15) is 0 Å². The van der Waals surface area contributed by atoms with Crippen LogP contribution in [0, 0.1) is 0 Å². The van der Waals surface area contributed by atoms with Gasteiger partial charge in [0, 0.05) is 25.9 Å². The molecule has 0 spiro atoms. The van der Waals surface area contributed by atoms with E-state index in [9.17, 15) is 4.79 Å². The fourth-order valence-electron chi connectivity index (χ4n) is 1.47. The van der Waals surface area contributed by atoms with Gasteiger partial charge in [-0.1, -0.05) is 17.7 Å². The Labute approximate surface area is 116 Å². The van der Waals surface area contributed by atoms with Gasteiger partial charge in [-0.05, 0) is 24.3 Å². The predicted octanol–water partition coefficient (Wildman–Crippen LogP) is 2.45. The normalized spacial score (nSPS) is 10.1. The highest BCUT2D eigenvalue weighted by molar-refractivity contribution is 6.30. The van der Waals surface area contributed by atoms with Crippen molar-refractivity contribution in [2.75, 3.05) is 24.3 Å². The molecule has 19 heavy (non-hydrogen) atoms. The van der Waals surface area contributed by atoms with Gasteiger partial charge in [0.25, 0.3) is 5.91 Å². The minimum atomic E-state index is -0.272. The number of anilines is 2. The van der Waals surface area contributed by atoms with Crippen LogP contribution in [0.1, 0.15) is 10.4 Å². The van der Waals surface area contributed by atoms with E-state index in [0.29, 0.717) is 17.2 Å². The number of nitrogens with zero attached hydrogens (tertiary/aromatic N) is 3. The molecule has 6 heteroatoms. The van der Waals surface area contributed by atoms with E-state index in [1.54, 1.807) is 35.4 Å². The lowest BCUT2D eigenvalue weighted by Gasteiger charge is -2.13. The molecule has 0 saturated carbocycles. The minimum Gasteiger partial charge on any atom is -0.363 e. The molecule has 2 aromatic heterocycles. The standard InChI is InChI=1S/C13H13ClN4O/c1-18(2)12-8-9(7-10(14)16-12)13(19)17-11-5-3-4-6-15-11/h3-8H,1-2H3,(H,15,17,19). The van der Waals surface area contributed by atoms with Crippen LogP contribution >= 0.6 is 11.6 Å². The van der Waals surface area contributed by atoms with Crippen molar-refractivity contribution in [2.24, 2.45) is 0 Å². The van der Waals surface area contributed by atoms with Gasteiger partial charge in [0.2, 0.25) is 0 Å². The smallest absolute Gasteiger partial charge is 0.257 e. The zero-order chi connectivity index (χ0) is 13.8. The highest BCUT2D eigenvalue weighted by Crippen LogP contribution is 2.17. The molecule has 0 unspecified atom stereocenters. The second-order valence-electron chi connectivity index (χ2n) is 4.10. The maximum Gasteiger partial charge on any atom is 0.257 e. The van der Waals surface area contributed by atoms with E-state index in [1.165, 1.54) is 6.07 Å². The Kier molecular flexibility index (Phi) is 3.97. The summed E-state index contributed by atoms with van der Waals surface area (Å²) < 4.78 is 0. The fraction of sp³-hybridized carbons (Fsp3) is 0.154. The summed E-state index contributed by atoms with van der Waals surface area (Å²) in [5.74, 6) is 0.844. The number of carbonyl (C=O) groups is 1. The second-order valence-corrected chi connectivity index (χ2v) is 4.49. The molecule has 5 nitrogen and oxygen atoms in total. The molecule has 0 fully saturated rings. The number of amides is 1. The molecule has 2 heterocycles. The summed E-state index contributed by atoms with van der Waals surface area (Å²) in [5.41, 5.74) is 0.439. The maximum atomic E-state index is 12.1. The number of hydrogen-bond donors (Lipinski definition) is 1. The molecule has 0 aliphatic carbocycles. The zero-order valence-corrected chi connectivity index (χ0v) is 11.3. The number of halogens is 1. The number of carbonyl (C=O) groups excluding carboxylic acids is 1. The first-order valence-corrected chi connectivity index (χ1v) is 6.01. The van der Waals surface area contributed by atoms with Crippen LogP contribution < -0.4 is 10.2 Å². The minimum absolute atomic E-state index is 0.272. The van der Waals surface area contributed by atoms with Gasteiger partial charge in [0.1, 0.15) is 16.8 Å². The van der Waals surface area contributed by atoms with E-state index in [-0.39, 0.29) is 11.1 Å². The molecule has 0 bridgehead atoms. The van der Waals surface area contributed by atoms with Crippen molar-refractivity contribution in [2.45, 2.75) is 0 Å². The van der Waals surface area contributed by atoms with E-state index in [4.69, 9.17) is 11.6 Å². The van der Waals surface area contributed by atoms with Crippen molar-refractivity contribution in [3.8, 4) is 0 Å². The third kappa shape index (κ3) is 3.42. The molecule has 0 aliphatic heterocycles. The van der Waals surface area contributed by atoms with Crippen molar-refractivity contribution in [1.82, 2.24) is 9.97 Å². The third-order valence-electron chi connectivity index (χ3n) is 2.41. The van der Waals surface area contributed by atoms with E-state index in [2.05, 4.69) is 15.3 Å². The van der Waals surface area contributed by atoms with Crippen LogP contribution in [0.25, 0.3) is 0 Å². The number of nitrogens with one attached hydrogen (secondary N) is 1. The first-order chi connectivity index (χ1) is 9.06. The Morgan fingerprint density at radius 1 is 1.32 bits per heavy atom. The Morgan fingerprint density at radius 2 is 2.11 bits per heavy atom. The van der Waals surface area contributed by atoms with Gasteiger partial charge in [-0.15, -0.1) is 0 Å². The number of hydrogen-bond acceptors (Lipinski definition) is 4.